The van der Waals surface area contributed by atoms with Gasteiger partial charge in [-0.2, -0.15) is 0 Å². The fraction of sp³-hybridized carbons (Fsp3) is 1.00. The summed E-state index contributed by atoms with van der Waals surface area (Å²) in [4.78, 5) is 2.66. The molecule has 16 heavy (non-hydrogen) atoms. The van der Waals surface area contributed by atoms with Gasteiger partial charge in [0.25, 0.3) is 0 Å². The van der Waals surface area contributed by atoms with E-state index in [0.717, 1.165) is 0 Å². The van der Waals surface area contributed by atoms with Crippen LogP contribution in [0.15, 0.2) is 0 Å². The fourth-order valence-electron chi connectivity index (χ4n) is 2.36. The highest BCUT2D eigenvalue weighted by molar-refractivity contribution is 4.85. The minimum atomic E-state index is 0.382. The Kier molecular flexibility index (Phi) is 5.77. The van der Waals surface area contributed by atoms with Gasteiger partial charge in [-0.05, 0) is 37.9 Å². The highest BCUT2D eigenvalue weighted by Gasteiger charge is 2.27. The lowest BCUT2D eigenvalue weighted by Crippen LogP contribution is -2.46. The van der Waals surface area contributed by atoms with Crippen LogP contribution in [-0.2, 0) is 0 Å². The fourth-order valence-corrected chi connectivity index (χ4v) is 2.36. The maximum Gasteiger partial charge on any atom is 0.0243 e. The lowest BCUT2D eigenvalue weighted by atomic mass is 9.86. The number of nitrogens with one attached hydrogen (secondary N) is 1. The van der Waals surface area contributed by atoms with E-state index in [9.17, 15) is 0 Å². The molecule has 0 radical (unpaired) electrons. The molecule has 2 nitrogen and oxygen atoms in total. The molecule has 0 aliphatic carbocycles. The molecule has 1 aliphatic heterocycles. The van der Waals surface area contributed by atoms with E-state index in [4.69, 9.17) is 0 Å². The average Bonchev–Trinajstić information content (AvgIpc) is 2.43. The first-order chi connectivity index (χ1) is 7.54. The zero-order chi connectivity index (χ0) is 12.0. The third kappa shape index (κ3) is 4.84. The van der Waals surface area contributed by atoms with Gasteiger partial charge in [-0.25, -0.2) is 0 Å². The molecule has 0 amide bonds. The molecule has 96 valence electrons. The van der Waals surface area contributed by atoms with E-state index in [1.54, 1.807) is 0 Å². The van der Waals surface area contributed by atoms with E-state index >= 15 is 0 Å². The highest BCUT2D eigenvalue weighted by Crippen LogP contribution is 2.21. The van der Waals surface area contributed by atoms with Crippen LogP contribution in [0.2, 0.25) is 0 Å². The van der Waals surface area contributed by atoms with Crippen LogP contribution in [0.4, 0.5) is 0 Å². The second kappa shape index (κ2) is 6.61. The quantitative estimate of drug-likeness (QED) is 0.742. The van der Waals surface area contributed by atoms with Crippen molar-refractivity contribution in [3.63, 3.8) is 0 Å². The van der Waals surface area contributed by atoms with Gasteiger partial charge in [0, 0.05) is 12.6 Å². The monoisotopic (exact) mass is 226 g/mol. The van der Waals surface area contributed by atoms with Crippen molar-refractivity contribution in [3.8, 4) is 0 Å². The van der Waals surface area contributed by atoms with Crippen molar-refractivity contribution in [2.45, 2.75) is 59.4 Å². The Morgan fingerprint density at radius 2 is 2.00 bits per heavy atom. The Morgan fingerprint density at radius 1 is 1.25 bits per heavy atom. The lowest BCUT2D eigenvalue weighted by Gasteiger charge is -2.33. The number of hydrogen-bond acceptors (Lipinski definition) is 2. The van der Waals surface area contributed by atoms with Crippen molar-refractivity contribution in [1.82, 2.24) is 10.2 Å². The maximum atomic E-state index is 3.70. The smallest absolute Gasteiger partial charge is 0.0243 e. The van der Waals surface area contributed by atoms with Crippen molar-refractivity contribution < 1.29 is 0 Å². The molecule has 1 saturated heterocycles. The van der Waals surface area contributed by atoms with Crippen molar-refractivity contribution in [3.05, 3.63) is 0 Å². The van der Waals surface area contributed by atoms with Gasteiger partial charge in [-0.3, -0.25) is 0 Å². The van der Waals surface area contributed by atoms with Crippen LogP contribution in [-0.4, -0.2) is 37.1 Å². The molecule has 0 spiro atoms. The summed E-state index contributed by atoms with van der Waals surface area (Å²) in [6.07, 6.45) is 5.38. The molecule has 0 aromatic carbocycles. The maximum absolute atomic E-state index is 3.70. The molecular formula is C14H30N2. The SMILES string of the molecule is CCCCCN1CCCNC(C(C)(C)C)C1. The molecule has 2 heteroatoms. The van der Waals surface area contributed by atoms with Crippen LogP contribution in [0.25, 0.3) is 0 Å². The van der Waals surface area contributed by atoms with Crippen molar-refractivity contribution in [2.24, 2.45) is 5.41 Å². The van der Waals surface area contributed by atoms with Crippen molar-refractivity contribution in [1.29, 1.82) is 0 Å². The summed E-state index contributed by atoms with van der Waals surface area (Å²) in [6, 6.07) is 0.650. The summed E-state index contributed by atoms with van der Waals surface area (Å²) in [6.45, 7) is 14.3. The molecule has 0 aromatic heterocycles. The van der Waals surface area contributed by atoms with Gasteiger partial charge in [0.1, 0.15) is 0 Å². The number of unbranched alkanes of at least 4 members (excludes halogenated alkanes) is 2. The third-order valence-electron chi connectivity index (χ3n) is 3.61. The molecule has 0 bridgehead atoms. The Bertz CT molecular complexity index is 184. The minimum Gasteiger partial charge on any atom is -0.312 e. The second-order valence-corrected chi connectivity index (χ2v) is 6.23. The first kappa shape index (κ1) is 14.0. The highest BCUT2D eigenvalue weighted by atomic mass is 15.2. The van der Waals surface area contributed by atoms with Gasteiger partial charge in [0.15, 0.2) is 0 Å². The summed E-state index contributed by atoms with van der Waals surface area (Å²) in [7, 11) is 0. The van der Waals surface area contributed by atoms with E-state index in [1.807, 2.05) is 0 Å². The number of nitrogens with zero attached hydrogens (tertiary/aromatic N) is 1. The Morgan fingerprint density at radius 3 is 2.62 bits per heavy atom. The first-order valence-corrected chi connectivity index (χ1v) is 6.99. The van der Waals surface area contributed by atoms with E-state index < -0.39 is 0 Å². The van der Waals surface area contributed by atoms with Crippen LogP contribution < -0.4 is 5.32 Å². The summed E-state index contributed by atoms with van der Waals surface area (Å²) >= 11 is 0. The van der Waals surface area contributed by atoms with E-state index in [0.29, 0.717) is 11.5 Å². The van der Waals surface area contributed by atoms with Gasteiger partial charge in [-0.15, -0.1) is 0 Å². The van der Waals surface area contributed by atoms with Crippen molar-refractivity contribution in [2.75, 3.05) is 26.2 Å². The van der Waals surface area contributed by atoms with Crippen LogP contribution >= 0.6 is 0 Å². The Hall–Kier alpha value is -0.0800. The van der Waals surface area contributed by atoms with E-state index in [2.05, 4.69) is 37.9 Å². The molecule has 1 heterocycles. The summed E-state index contributed by atoms with van der Waals surface area (Å²) in [5, 5.41) is 3.70. The molecule has 1 N–H and O–H groups in total. The third-order valence-corrected chi connectivity index (χ3v) is 3.61. The average molecular weight is 226 g/mol. The lowest BCUT2D eigenvalue weighted by molar-refractivity contribution is 0.195. The Labute approximate surface area is 102 Å². The molecule has 1 unspecified atom stereocenters. The predicted octanol–water partition coefficient (Wildman–Crippen LogP) is 2.89. The molecule has 0 aromatic rings. The molecular weight excluding hydrogens is 196 g/mol. The molecule has 1 fully saturated rings. The predicted molar refractivity (Wildman–Crippen MR) is 71.8 cm³/mol. The number of hydrogen-bond donors (Lipinski definition) is 1. The standard InChI is InChI=1S/C14H30N2/c1-5-6-7-10-16-11-8-9-15-13(12-16)14(2,3)4/h13,15H,5-12H2,1-4H3. The summed E-state index contributed by atoms with van der Waals surface area (Å²) < 4.78 is 0. The first-order valence-electron chi connectivity index (χ1n) is 6.99. The normalized spacial score (nSPS) is 24.4. The largest absolute Gasteiger partial charge is 0.312 e. The summed E-state index contributed by atoms with van der Waals surface area (Å²) in [5.41, 5.74) is 0.382. The van der Waals surface area contributed by atoms with Gasteiger partial charge in [-0.1, -0.05) is 40.5 Å². The second-order valence-electron chi connectivity index (χ2n) is 6.23. The van der Waals surface area contributed by atoms with E-state index in [-0.39, 0.29) is 0 Å². The van der Waals surface area contributed by atoms with Crippen LogP contribution in [0.1, 0.15) is 53.4 Å². The molecule has 0 saturated carbocycles. The number of rotatable bonds is 4. The van der Waals surface area contributed by atoms with Gasteiger partial charge in [0.2, 0.25) is 0 Å². The topological polar surface area (TPSA) is 15.3 Å². The minimum absolute atomic E-state index is 0.382. The van der Waals surface area contributed by atoms with Gasteiger partial charge >= 0.3 is 0 Å². The Balaban J connectivity index is 2.39. The van der Waals surface area contributed by atoms with Crippen LogP contribution in [0, 0.1) is 5.41 Å². The molecule has 1 aliphatic rings. The van der Waals surface area contributed by atoms with Gasteiger partial charge in [0.05, 0.1) is 0 Å². The van der Waals surface area contributed by atoms with Crippen LogP contribution in [0.5, 0.6) is 0 Å². The zero-order valence-electron chi connectivity index (χ0n) is 11.7. The van der Waals surface area contributed by atoms with Crippen LogP contribution in [0.3, 0.4) is 0 Å². The molecule has 1 rings (SSSR count). The van der Waals surface area contributed by atoms with E-state index in [1.165, 1.54) is 51.9 Å². The summed E-state index contributed by atoms with van der Waals surface area (Å²) in [5.74, 6) is 0. The zero-order valence-corrected chi connectivity index (χ0v) is 11.7. The molecule has 1 atom stereocenters. The van der Waals surface area contributed by atoms with Crippen molar-refractivity contribution >= 4 is 0 Å². The van der Waals surface area contributed by atoms with Gasteiger partial charge < -0.3 is 10.2 Å².